The third-order valence-electron chi connectivity index (χ3n) is 5.69. The smallest absolute Gasteiger partial charge is 0.311 e. The Morgan fingerprint density at radius 1 is 1.03 bits per heavy atom. The molecule has 0 radical (unpaired) electrons. The van der Waals surface area contributed by atoms with Gasteiger partial charge in [0.05, 0.1) is 16.0 Å². The molecule has 1 N–H and O–H groups in total. The lowest BCUT2D eigenvalue weighted by Gasteiger charge is -2.16. The number of carbonyl (C=O) groups is 3. The molecule has 2 amide bonds. The van der Waals surface area contributed by atoms with Gasteiger partial charge in [-0.15, -0.1) is 0 Å². The normalized spacial score (nSPS) is 15.1. The highest BCUT2D eigenvalue weighted by molar-refractivity contribution is 6.42. The molecule has 1 heterocycles. The second-order valence-electron chi connectivity index (χ2n) is 8.55. The standard InChI is InChI=1S/C26H28Cl3N3O4/c1-3-4-5-6-7-8-12-22(33)36-19-11-9-10-17(13-19)25(34)30-24-16(2)26(35)32(31-24)23-20(28)14-18(27)15-21(23)29/h9-11,13-16H,3-8,12H2,1-2H3,(H,30,31,34). The first-order chi connectivity index (χ1) is 17.2. The zero-order valence-electron chi connectivity index (χ0n) is 20.2. The first-order valence-electron chi connectivity index (χ1n) is 11.9. The van der Waals surface area contributed by atoms with E-state index in [1.165, 1.54) is 37.5 Å². The van der Waals surface area contributed by atoms with Crippen LogP contribution in [0, 0.1) is 5.92 Å². The molecule has 0 saturated heterocycles. The van der Waals surface area contributed by atoms with Gasteiger partial charge < -0.3 is 10.1 Å². The Morgan fingerprint density at radius 2 is 1.69 bits per heavy atom. The monoisotopic (exact) mass is 551 g/mol. The fourth-order valence-corrected chi connectivity index (χ4v) is 4.67. The first-order valence-corrected chi connectivity index (χ1v) is 13.0. The molecule has 0 aliphatic carbocycles. The second-order valence-corrected chi connectivity index (χ2v) is 9.80. The molecule has 192 valence electrons. The van der Waals surface area contributed by atoms with E-state index in [-0.39, 0.29) is 38.9 Å². The zero-order chi connectivity index (χ0) is 26.2. The van der Waals surface area contributed by atoms with Gasteiger partial charge in [-0.3, -0.25) is 14.4 Å². The largest absolute Gasteiger partial charge is 0.427 e. The van der Waals surface area contributed by atoms with Crippen molar-refractivity contribution in [2.24, 2.45) is 11.0 Å². The number of hydrazone groups is 1. The van der Waals surface area contributed by atoms with Crippen molar-refractivity contribution in [1.82, 2.24) is 5.32 Å². The number of carbonyl (C=O) groups excluding carboxylic acids is 3. The highest BCUT2D eigenvalue weighted by Gasteiger charge is 2.36. The zero-order valence-corrected chi connectivity index (χ0v) is 22.4. The molecule has 0 saturated carbocycles. The number of unbranched alkanes of at least 4 members (excludes halogenated alkanes) is 5. The van der Waals surface area contributed by atoms with E-state index in [2.05, 4.69) is 17.3 Å². The summed E-state index contributed by atoms with van der Waals surface area (Å²) in [4.78, 5) is 37.9. The van der Waals surface area contributed by atoms with Crippen LogP contribution in [0.1, 0.15) is 69.2 Å². The van der Waals surface area contributed by atoms with Crippen LogP contribution in [-0.2, 0) is 9.59 Å². The number of nitrogens with zero attached hydrogens (tertiary/aromatic N) is 2. The van der Waals surface area contributed by atoms with E-state index in [9.17, 15) is 14.4 Å². The summed E-state index contributed by atoms with van der Waals surface area (Å²) in [6.07, 6.45) is 6.75. The van der Waals surface area contributed by atoms with E-state index in [4.69, 9.17) is 39.5 Å². The van der Waals surface area contributed by atoms with E-state index in [0.717, 1.165) is 24.3 Å². The maximum atomic E-state index is 12.9. The molecule has 0 aromatic heterocycles. The van der Waals surface area contributed by atoms with Crippen LogP contribution in [0.5, 0.6) is 5.75 Å². The van der Waals surface area contributed by atoms with Gasteiger partial charge in [0.15, 0.2) is 0 Å². The van der Waals surface area contributed by atoms with E-state index >= 15 is 0 Å². The van der Waals surface area contributed by atoms with E-state index in [1.54, 1.807) is 25.1 Å². The Balaban J connectivity index is 1.63. The average Bonchev–Trinajstić information content (AvgIpc) is 3.09. The van der Waals surface area contributed by atoms with Crippen molar-refractivity contribution >= 4 is 64.1 Å². The average molecular weight is 553 g/mol. The van der Waals surface area contributed by atoms with Crippen LogP contribution in [0.4, 0.5) is 5.69 Å². The van der Waals surface area contributed by atoms with Gasteiger partial charge in [-0.05, 0) is 43.7 Å². The van der Waals surface area contributed by atoms with Crippen molar-refractivity contribution in [3.05, 3.63) is 57.0 Å². The molecule has 7 nitrogen and oxygen atoms in total. The SMILES string of the molecule is CCCCCCCCC(=O)Oc1cccc(C(=O)NC2=NN(c3c(Cl)cc(Cl)cc3Cl)C(=O)C2C)c1. The van der Waals surface area contributed by atoms with Crippen molar-refractivity contribution in [2.45, 2.75) is 58.8 Å². The number of hydrogen-bond donors (Lipinski definition) is 1. The van der Waals surface area contributed by atoms with E-state index < -0.39 is 17.7 Å². The molecule has 36 heavy (non-hydrogen) atoms. The maximum Gasteiger partial charge on any atom is 0.311 e. The van der Waals surface area contributed by atoms with Crippen LogP contribution in [0.25, 0.3) is 0 Å². The molecule has 1 unspecified atom stereocenters. The van der Waals surface area contributed by atoms with Crippen molar-refractivity contribution in [3.8, 4) is 5.75 Å². The Bertz CT molecular complexity index is 1150. The molecule has 0 fully saturated rings. The number of rotatable bonds is 10. The van der Waals surface area contributed by atoms with Crippen molar-refractivity contribution in [2.75, 3.05) is 5.01 Å². The third kappa shape index (κ3) is 7.21. The van der Waals surface area contributed by atoms with Crippen LogP contribution >= 0.6 is 34.8 Å². The number of hydrogen-bond acceptors (Lipinski definition) is 5. The number of benzene rings is 2. The van der Waals surface area contributed by atoms with Gasteiger partial charge in [0.1, 0.15) is 17.3 Å². The van der Waals surface area contributed by atoms with Crippen molar-refractivity contribution in [1.29, 1.82) is 0 Å². The summed E-state index contributed by atoms with van der Waals surface area (Å²) in [7, 11) is 0. The number of ether oxygens (including phenoxy) is 1. The minimum absolute atomic E-state index is 0.137. The molecule has 1 aliphatic heterocycles. The number of amidine groups is 1. The molecule has 1 atom stereocenters. The minimum Gasteiger partial charge on any atom is -0.427 e. The summed E-state index contributed by atoms with van der Waals surface area (Å²) in [5, 5.41) is 8.58. The molecule has 2 aromatic carbocycles. The maximum absolute atomic E-state index is 12.9. The molecule has 0 bridgehead atoms. The third-order valence-corrected chi connectivity index (χ3v) is 6.49. The Morgan fingerprint density at radius 3 is 2.39 bits per heavy atom. The summed E-state index contributed by atoms with van der Waals surface area (Å²) < 4.78 is 5.40. The quantitative estimate of drug-likeness (QED) is 0.195. The number of esters is 1. The number of anilines is 1. The topological polar surface area (TPSA) is 88.1 Å². The van der Waals surface area contributed by atoms with Gasteiger partial charge in [0.2, 0.25) is 0 Å². The fraction of sp³-hybridized carbons (Fsp3) is 0.385. The van der Waals surface area contributed by atoms with Gasteiger partial charge in [-0.25, -0.2) is 0 Å². The number of nitrogens with one attached hydrogen (secondary N) is 1. The number of halogens is 3. The van der Waals surface area contributed by atoms with Crippen LogP contribution in [0.15, 0.2) is 41.5 Å². The molecule has 2 aromatic rings. The van der Waals surface area contributed by atoms with Crippen LogP contribution in [-0.4, -0.2) is 23.6 Å². The van der Waals surface area contributed by atoms with Crippen LogP contribution < -0.4 is 15.1 Å². The fourth-order valence-electron chi connectivity index (χ4n) is 3.70. The lowest BCUT2D eigenvalue weighted by molar-refractivity contribution is -0.134. The van der Waals surface area contributed by atoms with Gasteiger partial charge in [0, 0.05) is 17.0 Å². The molecule has 1 aliphatic rings. The summed E-state index contributed by atoms with van der Waals surface area (Å²) in [5.74, 6) is -1.58. The van der Waals surface area contributed by atoms with Gasteiger partial charge >= 0.3 is 5.97 Å². The lowest BCUT2D eigenvalue weighted by atomic mass is 10.1. The highest BCUT2D eigenvalue weighted by Crippen LogP contribution is 2.39. The van der Waals surface area contributed by atoms with Crippen LogP contribution in [0.2, 0.25) is 15.1 Å². The van der Waals surface area contributed by atoms with Crippen molar-refractivity contribution < 1.29 is 19.1 Å². The molecular weight excluding hydrogens is 525 g/mol. The predicted octanol–water partition coefficient (Wildman–Crippen LogP) is 7.03. The Hall–Kier alpha value is -2.61. The summed E-state index contributed by atoms with van der Waals surface area (Å²) in [6.45, 7) is 3.77. The lowest BCUT2D eigenvalue weighted by Crippen LogP contribution is -2.35. The summed E-state index contributed by atoms with van der Waals surface area (Å²) in [5.41, 5.74) is 0.436. The highest BCUT2D eigenvalue weighted by atomic mass is 35.5. The van der Waals surface area contributed by atoms with Gasteiger partial charge in [-0.2, -0.15) is 10.1 Å². The Kier molecular flexibility index (Phi) is 10.2. The summed E-state index contributed by atoms with van der Waals surface area (Å²) in [6, 6.07) is 9.18. The van der Waals surface area contributed by atoms with E-state index in [1.807, 2.05) is 0 Å². The molecule has 10 heteroatoms. The van der Waals surface area contributed by atoms with Crippen molar-refractivity contribution in [3.63, 3.8) is 0 Å². The molecule has 3 rings (SSSR count). The van der Waals surface area contributed by atoms with Gasteiger partial charge in [-0.1, -0.05) is 79.9 Å². The minimum atomic E-state index is -0.741. The Labute approximate surface area is 225 Å². The molecular formula is C26H28Cl3N3O4. The van der Waals surface area contributed by atoms with Crippen LogP contribution in [0.3, 0.4) is 0 Å². The first kappa shape index (κ1) is 28.0. The molecule has 0 spiro atoms. The predicted molar refractivity (Wildman–Crippen MR) is 143 cm³/mol. The van der Waals surface area contributed by atoms with Gasteiger partial charge in [0.25, 0.3) is 11.8 Å². The number of amides is 2. The summed E-state index contributed by atoms with van der Waals surface area (Å²) >= 11 is 18.4. The van der Waals surface area contributed by atoms with E-state index in [0.29, 0.717) is 11.4 Å². The second kappa shape index (κ2) is 13.1.